The van der Waals surface area contributed by atoms with Gasteiger partial charge in [-0.25, -0.2) is 15.0 Å². The number of carbonyl (C=O) groups excluding carboxylic acids is 1. The van der Waals surface area contributed by atoms with Crippen LogP contribution in [0.5, 0.6) is 0 Å². The maximum absolute atomic E-state index is 12.8. The number of pyridine rings is 1. The Hall–Kier alpha value is -3.28. The fraction of sp³-hybridized carbons (Fsp3) is 0.273. The van der Waals surface area contributed by atoms with Crippen LogP contribution in [0.25, 0.3) is 0 Å². The summed E-state index contributed by atoms with van der Waals surface area (Å²) in [6.07, 6.45) is 3.67. The van der Waals surface area contributed by atoms with Crippen molar-refractivity contribution >= 4 is 17.5 Å². The van der Waals surface area contributed by atoms with Gasteiger partial charge < -0.3 is 10.2 Å². The van der Waals surface area contributed by atoms with E-state index < -0.39 is 0 Å². The first-order valence-corrected chi connectivity index (χ1v) is 9.57. The van der Waals surface area contributed by atoms with Crippen LogP contribution < -0.4 is 5.32 Å². The highest BCUT2D eigenvalue weighted by Crippen LogP contribution is 2.27. The van der Waals surface area contributed by atoms with Crippen molar-refractivity contribution in [2.45, 2.75) is 25.7 Å². The molecule has 0 spiro atoms. The minimum Gasteiger partial charge on any atom is -0.338 e. The molecule has 0 aliphatic carbocycles. The summed E-state index contributed by atoms with van der Waals surface area (Å²) < 4.78 is 0. The van der Waals surface area contributed by atoms with Crippen LogP contribution in [0.4, 0.5) is 11.6 Å². The average molecular weight is 373 g/mol. The molecular weight excluding hydrogens is 350 g/mol. The van der Waals surface area contributed by atoms with Gasteiger partial charge in [-0.2, -0.15) is 0 Å². The number of aryl methyl sites for hydroxylation is 1. The van der Waals surface area contributed by atoms with E-state index in [1.54, 1.807) is 6.20 Å². The molecule has 142 valence electrons. The van der Waals surface area contributed by atoms with Crippen LogP contribution in [0.15, 0.2) is 60.8 Å². The molecule has 1 aliphatic rings. The lowest BCUT2D eigenvalue weighted by atomic mass is 9.96. The zero-order chi connectivity index (χ0) is 19.3. The van der Waals surface area contributed by atoms with Gasteiger partial charge in [0.2, 0.25) is 0 Å². The highest BCUT2D eigenvalue weighted by molar-refractivity contribution is 5.94. The topological polar surface area (TPSA) is 71.0 Å². The van der Waals surface area contributed by atoms with Gasteiger partial charge >= 0.3 is 0 Å². The molecular formula is C22H23N5O. The Balaban J connectivity index is 1.52. The van der Waals surface area contributed by atoms with Gasteiger partial charge in [0.1, 0.15) is 17.5 Å². The van der Waals surface area contributed by atoms with E-state index in [2.05, 4.69) is 15.3 Å². The zero-order valence-electron chi connectivity index (χ0n) is 15.9. The molecule has 0 unspecified atom stereocenters. The molecule has 0 bridgehead atoms. The van der Waals surface area contributed by atoms with Crippen molar-refractivity contribution in [2.75, 3.05) is 18.4 Å². The van der Waals surface area contributed by atoms with Crippen molar-refractivity contribution in [1.82, 2.24) is 19.9 Å². The van der Waals surface area contributed by atoms with Crippen molar-refractivity contribution in [3.8, 4) is 0 Å². The molecule has 1 aliphatic heterocycles. The molecule has 1 aromatic carbocycles. The van der Waals surface area contributed by atoms with Crippen molar-refractivity contribution in [2.24, 2.45) is 0 Å². The molecule has 1 saturated heterocycles. The second-order valence-electron chi connectivity index (χ2n) is 7.05. The molecule has 1 amide bonds. The van der Waals surface area contributed by atoms with Crippen LogP contribution in [-0.4, -0.2) is 38.8 Å². The van der Waals surface area contributed by atoms with Crippen molar-refractivity contribution < 1.29 is 4.79 Å². The lowest BCUT2D eigenvalue weighted by Crippen LogP contribution is -2.39. The second kappa shape index (κ2) is 8.17. The molecule has 28 heavy (non-hydrogen) atoms. The fourth-order valence-corrected chi connectivity index (χ4v) is 3.54. The Morgan fingerprint density at radius 1 is 1.07 bits per heavy atom. The van der Waals surface area contributed by atoms with E-state index in [0.29, 0.717) is 6.54 Å². The van der Waals surface area contributed by atoms with E-state index in [1.165, 1.54) is 0 Å². The quantitative estimate of drug-likeness (QED) is 0.750. The highest BCUT2D eigenvalue weighted by atomic mass is 16.2. The summed E-state index contributed by atoms with van der Waals surface area (Å²) in [5.74, 6) is 2.46. The standard InChI is InChI=1S/C22H23N5O/c1-16-14-20(25-19-11-5-6-12-23-19)26-21(24-16)18-10-7-13-27(15-18)22(28)17-8-3-2-4-9-17/h2-6,8-9,11-12,14,18H,7,10,13,15H2,1H3,(H,23,24,25,26)/t18-/m1/s1. The molecule has 1 N–H and O–H groups in total. The normalized spacial score (nSPS) is 16.6. The summed E-state index contributed by atoms with van der Waals surface area (Å²) >= 11 is 0. The van der Waals surface area contributed by atoms with Gasteiger partial charge in [-0.1, -0.05) is 24.3 Å². The molecule has 1 fully saturated rings. The summed E-state index contributed by atoms with van der Waals surface area (Å²) in [5, 5.41) is 3.24. The largest absolute Gasteiger partial charge is 0.338 e. The number of carbonyl (C=O) groups is 1. The number of amides is 1. The van der Waals surface area contributed by atoms with Crippen molar-refractivity contribution in [3.63, 3.8) is 0 Å². The number of benzene rings is 1. The number of rotatable bonds is 4. The van der Waals surface area contributed by atoms with E-state index in [9.17, 15) is 4.79 Å². The van der Waals surface area contributed by atoms with Gasteiger partial charge in [-0.05, 0) is 44.0 Å². The van der Waals surface area contributed by atoms with Crippen LogP contribution in [0.3, 0.4) is 0 Å². The SMILES string of the molecule is Cc1cc(Nc2ccccn2)nc([C@@H]2CCCN(C(=O)c3ccccc3)C2)n1. The van der Waals surface area contributed by atoms with Gasteiger partial charge in [0, 0.05) is 42.5 Å². The highest BCUT2D eigenvalue weighted by Gasteiger charge is 2.27. The smallest absolute Gasteiger partial charge is 0.253 e. The number of nitrogens with one attached hydrogen (secondary N) is 1. The summed E-state index contributed by atoms with van der Waals surface area (Å²) in [4.78, 5) is 28.4. The zero-order valence-corrected chi connectivity index (χ0v) is 15.9. The fourth-order valence-electron chi connectivity index (χ4n) is 3.54. The van der Waals surface area contributed by atoms with Crippen LogP contribution in [0.1, 0.15) is 40.6 Å². The molecule has 3 heterocycles. The molecule has 0 saturated carbocycles. The van der Waals surface area contributed by atoms with E-state index in [4.69, 9.17) is 4.98 Å². The monoisotopic (exact) mass is 373 g/mol. The molecule has 1 atom stereocenters. The first-order valence-electron chi connectivity index (χ1n) is 9.57. The van der Waals surface area contributed by atoms with Crippen LogP contribution >= 0.6 is 0 Å². The van der Waals surface area contributed by atoms with Gasteiger partial charge in [-0.15, -0.1) is 0 Å². The van der Waals surface area contributed by atoms with Gasteiger partial charge in [-0.3, -0.25) is 4.79 Å². The number of piperidine rings is 1. The third kappa shape index (κ3) is 4.17. The average Bonchev–Trinajstić information content (AvgIpc) is 2.74. The summed E-state index contributed by atoms with van der Waals surface area (Å²) in [5.41, 5.74) is 1.63. The van der Waals surface area contributed by atoms with Crippen molar-refractivity contribution in [3.05, 3.63) is 77.9 Å². The van der Waals surface area contributed by atoms with Gasteiger partial charge in [0.15, 0.2) is 0 Å². The third-order valence-corrected chi connectivity index (χ3v) is 4.89. The molecule has 3 aromatic rings. The molecule has 4 rings (SSSR count). The number of nitrogens with zero attached hydrogens (tertiary/aromatic N) is 4. The second-order valence-corrected chi connectivity index (χ2v) is 7.05. The van der Waals surface area contributed by atoms with E-state index in [-0.39, 0.29) is 11.8 Å². The molecule has 6 nitrogen and oxygen atoms in total. The maximum atomic E-state index is 12.8. The first-order chi connectivity index (χ1) is 13.7. The minimum atomic E-state index is 0.0739. The van der Waals surface area contributed by atoms with Crippen LogP contribution in [0.2, 0.25) is 0 Å². The first kappa shape index (κ1) is 18.1. The predicted octanol–water partition coefficient (Wildman–Crippen LogP) is 3.94. The minimum absolute atomic E-state index is 0.0739. The Morgan fingerprint density at radius 2 is 1.89 bits per heavy atom. The Morgan fingerprint density at radius 3 is 2.68 bits per heavy atom. The Bertz CT molecular complexity index is 946. The predicted molar refractivity (Wildman–Crippen MR) is 109 cm³/mol. The Labute approximate surface area is 164 Å². The lowest BCUT2D eigenvalue weighted by molar-refractivity contribution is 0.0704. The summed E-state index contributed by atoms with van der Waals surface area (Å²) in [6.45, 7) is 3.37. The summed E-state index contributed by atoms with van der Waals surface area (Å²) in [7, 11) is 0. The number of aromatic nitrogens is 3. The summed E-state index contributed by atoms with van der Waals surface area (Å²) in [6, 6.07) is 17.1. The number of anilines is 2. The molecule has 2 aromatic heterocycles. The van der Waals surface area contributed by atoms with E-state index >= 15 is 0 Å². The molecule has 6 heteroatoms. The number of hydrogen-bond donors (Lipinski definition) is 1. The van der Waals surface area contributed by atoms with Gasteiger partial charge in [0.25, 0.3) is 5.91 Å². The third-order valence-electron chi connectivity index (χ3n) is 4.89. The maximum Gasteiger partial charge on any atom is 0.253 e. The van der Waals surface area contributed by atoms with Crippen LogP contribution in [0, 0.1) is 6.92 Å². The van der Waals surface area contributed by atoms with Gasteiger partial charge in [0.05, 0.1) is 0 Å². The Kier molecular flexibility index (Phi) is 5.28. The lowest BCUT2D eigenvalue weighted by Gasteiger charge is -2.32. The van der Waals surface area contributed by atoms with Crippen LogP contribution in [-0.2, 0) is 0 Å². The van der Waals surface area contributed by atoms with Crippen molar-refractivity contribution in [1.29, 1.82) is 0 Å². The number of likely N-dealkylation sites (tertiary alicyclic amines) is 1. The number of hydrogen-bond acceptors (Lipinski definition) is 5. The van der Waals surface area contributed by atoms with E-state index in [1.807, 2.05) is 66.4 Å². The van der Waals surface area contributed by atoms with E-state index in [0.717, 1.165) is 48.1 Å². The molecule has 0 radical (unpaired) electrons.